The van der Waals surface area contributed by atoms with Crippen LogP contribution in [-0.2, 0) is 17.8 Å². The fraction of sp³-hybridized carbons (Fsp3) is 0.304. The molecule has 32 heavy (non-hydrogen) atoms. The minimum Gasteiger partial charge on any atom is -0.356 e. The van der Waals surface area contributed by atoms with Gasteiger partial charge in [0.25, 0.3) is 5.56 Å². The predicted molar refractivity (Wildman–Crippen MR) is 124 cm³/mol. The van der Waals surface area contributed by atoms with E-state index in [1.165, 1.54) is 10.9 Å². The average molecular weight is 453 g/mol. The average Bonchev–Trinajstić information content (AvgIpc) is 3.37. The monoisotopic (exact) mass is 452 g/mol. The summed E-state index contributed by atoms with van der Waals surface area (Å²) in [4.78, 5) is 37.0. The van der Waals surface area contributed by atoms with Crippen molar-refractivity contribution in [2.75, 3.05) is 6.54 Å². The summed E-state index contributed by atoms with van der Waals surface area (Å²) in [5.74, 6) is -0.114. The molecule has 0 radical (unpaired) electrons. The molecule has 0 unspecified atom stereocenters. The number of hydrogen-bond donors (Lipinski definition) is 2. The van der Waals surface area contributed by atoms with Gasteiger partial charge in [0.2, 0.25) is 5.91 Å². The zero-order valence-corrected chi connectivity index (χ0v) is 19.0. The molecule has 0 aliphatic rings. The summed E-state index contributed by atoms with van der Waals surface area (Å²) in [6.07, 6.45) is 5.72. The van der Waals surface area contributed by atoms with Gasteiger partial charge in [-0.05, 0) is 44.0 Å². The van der Waals surface area contributed by atoms with E-state index in [1.807, 2.05) is 43.5 Å². The van der Waals surface area contributed by atoms with E-state index in [4.69, 9.17) is 11.6 Å². The number of hydrogen-bond acceptors (Lipinski definition) is 4. The number of nitrogens with zero attached hydrogens (tertiary/aromatic N) is 4. The number of H-pyrrole nitrogens is 1. The van der Waals surface area contributed by atoms with Crippen LogP contribution in [0.4, 0.5) is 0 Å². The number of aromatic amines is 1. The third kappa shape index (κ3) is 4.18. The Morgan fingerprint density at radius 3 is 2.81 bits per heavy atom. The van der Waals surface area contributed by atoms with Crippen molar-refractivity contribution in [3.8, 4) is 5.69 Å². The highest BCUT2D eigenvalue weighted by Gasteiger charge is 2.19. The molecule has 3 aromatic heterocycles. The summed E-state index contributed by atoms with van der Waals surface area (Å²) in [6, 6.07) is 5.67. The summed E-state index contributed by atoms with van der Waals surface area (Å²) in [5, 5.41) is 4.05. The molecule has 1 amide bonds. The van der Waals surface area contributed by atoms with Crippen molar-refractivity contribution in [1.29, 1.82) is 0 Å². The lowest BCUT2D eigenvalue weighted by atomic mass is 10.2. The number of fused-ring (bicyclic) bond motifs is 1. The molecule has 4 aromatic rings. The Hall–Kier alpha value is -3.39. The van der Waals surface area contributed by atoms with Gasteiger partial charge >= 0.3 is 0 Å². The van der Waals surface area contributed by atoms with Crippen molar-refractivity contribution >= 4 is 28.5 Å². The standard InChI is InChI=1S/C23H25ClN6O2/c1-14-4-5-17(24)10-19(14)30-16(3)15(2)21-22(30)28-13-29(23(21)32)9-7-20(31)26-8-6-18-11-25-12-27-18/h4-5,10-13H,6-9H2,1-3H3,(H,25,27)(H,26,31). The molecule has 0 aliphatic carbocycles. The number of amides is 1. The van der Waals surface area contributed by atoms with E-state index in [0.29, 0.717) is 29.0 Å². The molecule has 0 atom stereocenters. The van der Waals surface area contributed by atoms with Crippen LogP contribution in [0.2, 0.25) is 5.02 Å². The molecule has 0 bridgehead atoms. The maximum atomic E-state index is 13.2. The van der Waals surface area contributed by atoms with Gasteiger partial charge in [-0.15, -0.1) is 0 Å². The predicted octanol–water partition coefficient (Wildman–Crippen LogP) is 3.24. The fourth-order valence-electron chi connectivity index (χ4n) is 3.83. The van der Waals surface area contributed by atoms with E-state index in [-0.39, 0.29) is 24.4 Å². The van der Waals surface area contributed by atoms with Gasteiger partial charge in [0.1, 0.15) is 0 Å². The number of carbonyl (C=O) groups is 1. The van der Waals surface area contributed by atoms with Crippen LogP contribution in [-0.4, -0.2) is 36.5 Å². The molecule has 4 rings (SSSR count). The van der Waals surface area contributed by atoms with Gasteiger partial charge in [0.15, 0.2) is 5.65 Å². The maximum Gasteiger partial charge on any atom is 0.263 e. The van der Waals surface area contributed by atoms with Crippen molar-refractivity contribution in [2.45, 2.75) is 40.2 Å². The van der Waals surface area contributed by atoms with Gasteiger partial charge in [0.05, 0.1) is 23.7 Å². The van der Waals surface area contributed by atoms with E-state index < -0.39 is 0 Å². The number of aryl methyl sites for hydroxylation is 3. The third-order valence-electron chi connectivity index (χ3n) is 5.75. The van der Waals surface area contributed by atoms with Gasteiger partial charge in [-0.2, -0.15) is 0 Å². The number of rotatable bonds is 7. The molecule has 0 aliphatic heterocycles. The molecule has 3 heterocycles. The van der Waals surface area contributed by atoms with Gasteiger partial charge in [0, 0.05) is 48.5 Å². The topological polar surface area (TPSA) is 97.6 Å². The number of halogens is 1. The van der Waals surface area contributed by atoms with Crippen LogP contribution in [0.1, 0.15) is 28.9 Å². The Labute approximate surface area is 190 Å². The number of imidazole rings is 1. The van der Waals surface area contributed by atoms with Crippen molar-refractivity contribution in [2.24, 2.45) is 0 Å². The largest absolute Gasteiger partial charge is 0.356 e. The minimum atomic E-state index is -0.153. The molecule has 0 spiro atoms. The van der Waals surface area contributed by atoms with Gasteiger partial charge in [-0.3, -0.25) is 18.7 Å². The molecule has 1 aromatic carbocycles. The van der Waals surface area contributed by atoms with E-state index in [2.05, 4.69) is 20.3 Å². The smallest absolute Gasteiger partial charge is 0.263 e. The summed E-state index contributed by atoms with van der Waals surface area (Å²) >= 11 is 6.23. The zero-order chi connectivity index (χ0) is 22.8. The molecular weight excluding hydrogens is 428 g/mol. The Kier molecular flexibility index (Phi) is 6.14. The molecule has 0 saturated carbocycles. The lowest BCUT2D eigenvalue weighted by Crippen LogP contribution is -2.29. The van der Waals surface area contributed by atoms with E-state index in [0.717, 1.165) is 28.2 Å². The van der Waals surface area contributed by atoms with E-state index >= 15 is 0 Å². The molecular formula is C23H25ClN6O2. The number of aromatic nitrogens is 5. The highest BCUT2D eigenvalue weighted by atomic mass is 35.5. The zero-order valence-electron chi connectivity index (χ0n) is 18.3. The van der Waals surface area contributed by atoms with Gasteiger partial charge < -0.3 is 10.3 Å². The third-order valence-corrected chi connectivity index (χ3v) is 5.98. The summed E-state index contributed by atoms with van der Waals surface area (Å²) in [5.41, 5.74) is 5.14. The molecule has 166 valence electrons. The van der Waals surface area contributed by atoms with Crippen LogP contribution in [0.5, 0.6) is 0 Å². The normalized spacial score (nSPS) is 11.2. The highest BCUT2D eigenvalue weighted by molar-refractivity contribution is 6.30. The van der Waals surface area contributed by atoms with Crippen LogP contribution >= 0.6 is 11.6 Å². The molecule has 0 fully saturated rings. The fourth-order valence-corrected chi connectivity index (χ4v) is 4.00. The van der Waals surface area contributed by atoms with Crippen LogP contribution in [0, 0.1) is 20.8 Å². The second kappa shape index (κ2) is 9.00. The lowest BCUT2D eigenvalue weighted by molar-refractivity contribution is -0.121. The number of benzene rings is 1. The highest BCUT2D eigenvalue weighted by Crippen LogP contribution is 2.28. The van der Waals surface area contributed by atoms with Crippen LogP contribution in [0.25, 0.3) is 16.7 Å². The van der Waals surface area contributed by atoms with Crippen LogP contribution in [0.15, 0.2) is 41.8 Å². The summed E-state index contributed by atoms with van der Waals surface area (Å²) in [6.45, 7) is 6.65. The molecule has 2 N–H and O–H groups in total. The number of carbonyl (C=O) groups excluding carboxylic acids is 1. The molecule has 9 heteroatoms. The van der Waals surface area contributed by atoms with Crippen molar-refractivity contribution < 1.29 is 4.79 Å². The number of nitrogens with one attached hydrogen (secondary N) is 2. The second-order valence-corrected chi connectivity index (χ2v) is 8.28. The first kappa shape index (κ1) is 21.8. The summed E-state index contributed by atoms with van der Waals surface area (Å²) in [7, 11) is 0. The maximum absolute atomic E-state index is 13.2. The first-order valence-electron chi connectivity index (χ1n) is 10.4. The van der Waals surface area contributed by atoms with E-state index in [1.54, 1.807) is 12.5 Å². The Balaban J connectivity index is 1.55. The lowest BCUT2D eigenvalue weighted by Gasteiger charge is -2.12. The quantitative estimate of drug-likeness (QED) is 0.449. The molecule has 8 nitrogen and oxygen atoms in total. The van der Waals surface area contributed by atoms with Crippen molar-refractivity contribution in [1.82, 2.24) is 29.4 Å². The molecule has 0 saturated heterocycles. The Bertz CT molecular complexity index is 1340. The van der Waals surface area contributed by atoms with E-state index in [9.17, 15) is 9.59 Å². The van der Waals surface area contributed by atoms with Crippen LogP contribution in [0.3, 0.4) is 0 Å². The Morgan fingerprint density at radius 2 is 2.06 bits per heavy atom. The van der Waals surface area contributed by atoms with Gasteiger partial charge in [-0.1, -0.05) is 17.7 Å². The first-order chi connectivity index (χ1) is 15.4. The van der Waals surface area contributed by atoms with Gasteiger partial charge in [-0.25, -0.2) is 9.97 Å². The second-order valence-electron chi connectivity index (χ2n) is 7.85. The van der Waals surface area contributed by atoms with Crippen molar-refractivity contribution in [3.05, 3.63) is 74.9 Å². The Morgan fingerprint density at radius 1 is 1.25 bits per heavy atom. The van der Waals surface area contributed by atoms with Crippen LogP contribution < -0.4 is 10.9 Å². The SMILES string of the molecule is Cc1ccc(Cl)cc1-n1c(C)c(C)c2c(=O)n(CCC(=O)NCCc3cnc[nH]3)cnc21. The van der Waals surface area contributed by atoms with Crippen molar-refractivity contribution in [3.63, 3.8) is 0 Å². The summed E-state index contributed by atoms with van der Waals surface area (Å²) < 4.78 is 3.47. The minimum absolute atomic E-state index is 0.114. The first-order valence-corrected chi connectivity index (χ1v) is 10.8.